The maximum absolute atomic E-state index is 14.3. The van der Waals surface area contributed by atoms with E-state index in [-0.39, 0.29) is 23.8 Å². The van der Waals surface area contributed by atoms with Crippen LogP contribution in [0.25, 0.3) is 0 Å². The second kappa shape index (κ2) is 15.0. The van der Waals surface area contributed by atoms with Crippen molar-refractivity contribution in [2.45, 2.75) is 37.2 Å². The summed E-state index contributed by atoms with van der Waals surface area (Å²) in [4.78, 5) is 29.4. The van der Waals surface area contributed by atoms with Crippen molar-refractivity contribution in [1.29, 1.82) is 0 Å². The van der Waals surface area contributed by atoms with Crippen molar-refractivity contribution in [1.82, 2.24) is 10.2 Å². The summed E-state index contributed by atoms with van der Waals surface area (Å²) >= 11 is 12.3. The highest BCUT2D eigenvalue weighted by atomic mass is 35.5. The van der Waals surface area contributed by atoms with Gasteiger partial charge in [0.25, 0.3) is 10.0 Å². The van der Waals surface area contributed by atoms with Gasteiger partial charge in [-0.05, 0) is 66.1 Å². The Labute approximate surface area is 263 Å². The van der Waals surface area contributed by atoms with Crippen LogP contribution in [0.5, 0.6) is 0 Å². The van der Waals surface area contributed by atoms with Crippen molar-refractivity contribution in [3.05, 3.63) is 130 Å². The van der Waals surface area contributed by atoms with Gasteiger partial charge in [-0.15, -0.1) is 0 Å². The number of carbonyl (C=O) groups is 2. The van der Waals surface area contributed by atoms with Crippen LogP contribution >= 0.6 is 23.2 Å². The Bertz CT molecular complexity index is 1620. The van der Waals surface area contributed by atoms with E-state index in [1.54, 1.807) is 48.5 Å². The first-order valence-electron chi connectivity index (χ1n) is 13.9. The van der Waals surface area contributed by atoms with Crippen molar-refractivity contribution < 1.29 is 18.0 Å². The van der Waals surface area contributed by atoms with Gasteiger partial charge in [-0.1, -0.05) is 90.8 Å². The Morgan fingerprint density at radius 3 is 2.05 bits per heavy atom. The first kappa shape index (κ1) is 32.1. The topological polar surface area (TPSA) is 86.8 Å². The molecule has 0 aliphatic rings. The van der Waals surface area contributed by atoms with Gasteiger partial charge in [-0.2, -0.15) is 0 Å². The SMILES string of the molecule is CCCNC(=O)[C@@H](Cc1ccccc1)N(Cc1cccc(Cl)c1)C(=O)CN(c1ccccc1)S(=O)(=O)c1ccc(Cl)cc1. The van der Waals surface area contributed by atoms with E-state index in [1.165, 1.54) is 29.2 Å². The summed E-state index contributed by atoms with van der Waals surface area (Å²) < 4.78 is 29.0. The molecule has 0 aliphatic carbocycles. The predicted molar refractivity (Wildman–Crippen MR) is 172 cm³/mol. The Balaban J connectivity index is 1.78. The average Bonchev–Trinajstić information content (AvgIpc) is 3.01. The van der Waals surface area contributed by atoms with E-state index in [9.17, 15) is 18.0 Å². The van der Waals surface area contributed by atoms with Crippen molar-refractivity contribution in [3.8, 4) is 0 Å². The molecule has 224 valence electrons. The fraction of sp³-hybridized carbons (Fsp3) is 0.212. The quantitative estimate of drug-likeness (QED) is 0.185. The minimum absolute atomic E-state index is 0.0172. The summed E-state index contributed by atoms with van der Waals surface area (Å²) in [6, 6.07) is 29.7. The molecule has 1 atom stereocenters. The van der Waals surface area contributed by atoms with Crippen LogP contribution in [0, 0.1) is 0 Å². The molecular weight excluding hydrogens is 605 g/mol. The van der Waals surface area contributed by atoms with Crippen LogP contribution in [0.15, 0.2) is 114 Å². The lowest BCUT2D eigenvalue weighted by Gasteiger charge is -2.34. The number of hydrogen-bond donors (Lipinski definition) is 1. The molecule has 7 nitrogen and oxygen atoms in total. The molecule has 4 aromatic rings. The third-order valence-electron chi connectivity index (χ3n) is 6.79. The van der Waals surface area contributed by atoms with Gasteiger partial charge < -0.3 is 10.2 Å². The van der Waals surface area contributed by atoms with Crippen LogP contribution in [0.3, 0.4) is 0 Å². The minimum atomic E-state index is -4.19. The summed E-state index contributed by atoms with van der Waals surface area (Å²) in [5, 5.41) is 3.80. The predicted octanol–water partition coefficient (Wildman–Crippen LogP) is 6.36. The molecule has 0 spiro atoms. The third-order valence-corrected chi connectivity index (χ3v) is 9.06. The average molecular weight is 639 g/mol. The number of nitrogens with zero attached hydrogens (tertiary/aromatic N) is 2. The van der Waals surface area contributed by atoms with Crippen LogP contribution in [0.2, 0.25) is 10.0 Å². The number of hydrogen-bond acceptors (Lipinski definition) is 4. The number of nitrogens with one attached hydrogen (secondary N) is 1. The van der Waals surface area contributed by atoms with Gasteiger partial charge in [0.2, 0.25) is 11.8 Å². The van der Waals surface area contributed by atoms with Gasteiger partial charge in [0, 0.05) is 29.6 Å². The Hall–Kier alpha value is -3.85. The van der Waals surface area contributed by atoms with Gasteiger partial charge in [0.1, 0.15) is 12.6 Å². The van der Waals surface area contributed by atoms with E-state index < -0.39 is 28.5 Å². The number of anilines is 1. The van der Waals surface area contributed by atoms with Crippen LogP contribution in [0.4, 0.5) is 5.69 Å². The lowest BCUT2D eigenvalue weighted by atomic mass is 10.0. The first-order chi connectivity index (χ1) is 20.7. The lowest BCUT2D eigenvalue weighted by molar-refractivity contribution is -0.140. The van der Waals surface area contributed by atoms with Crippen molar-refractivity contribution in [2.24, 2.45) is 0 Å². The van der Waals surface area contributed by atoms with Crippen LogP contribution in [-0.2, 0) is 32.6 Å². The molecule has 2 amide bonds. The second-order valence-corrected chi connectivity index (χ2v) is 12.7. The molecule has 0 saturated heterocycles. The molecule has 0 aromatic heterocycles. The van der Waals surface area contributed by atoms with E-state index in [1.807, 2.05) is 43.3 Å². The summed E-state index contributed by atoms with van der Waals surface area (Å²) in [6.45, 7) is 1.88. The number of halogens is 2. The highest BCUT2D eigenvalue weighted by molar-refractivity contribution is 7.92. The van der Waals surface area contributed by atoms with Crippen molar-refractivity contribution in [3.63, 3.8) is 0 Å². The monoisotopic (exact) mass is 637 g/mol. The fourth-order valence-corrected chi connectivity index (χ4v) is 6.36. The van der Waals surface area contributed by atoms with Crippen molar-refractivity contribution >= 4 is 50.7 Å². The molecular formula is C33H33Cl2N3O4S. The second-order valence-electron chi connectivity index (χ2n) is 9.95. The standard InChI is InChI=1S/C33H33Cl2N3O4S/c1-2-20-36-33(40)31(22-25-10-5-3-6-11-25)37(23-26-12-9-13-28(35)21-26)32(39)24-38(29-14-7-4-8-15-29)43(41,42)30-18-16-27(34)17-19-30/h3-19,21,31H,2,20,22-24H2,1H3,(H,36,40)/t31-/m1/s1. The van der Waals surface area contributed by atoms with Crippen LogP contribution in [0.1, 0.15) is 24.5 Å². The lowest BCUT2D eigenvalue weighted by Crippen LogP contribution is -2.53. The molecule has 4 rings (SSSR count). The highest BCUT2D eigenvalue weighted by Crippen LogP contribution is 2.26. The number of sulfonamides is 1. The molecule has 10 heteroatoms. The minimum Gasteiger partial charge on any atom is -0.354 e. The van der Waals surface area contributed by atoms with Gasteiger partial charge in [-0.25, -0.2) is 8.42 Å². The number of para-hydroxylation sites is 1. The zero-order valence-corrected chi connectivity index (χ0v) is 26.0. The van der Waals surface area contributed by atoms with E-state index in [4.69, 9.17) is 23.2 Å². The van der Waals surface area contributed by atoms with E-state index in [0.29, 0.717) is 34.3 Å². The highest BCUT2D eigenvalue weighted by Gasteiger charge is 2.34. The number of carbonyl (C=O) groups excluding carboxylic acids is 2. The van der Waals surface area contributed by atoms with Gasteiger partial charge >= 0.3 is 0 Å². The largest absolute Gasteiger partial charge is 0.354 e. The number of rotatable bonds is 13. The Kier molecular flexibility index (Phi) is 11.2. The molecule has 1 N–H and O–H groups in total. The smallest absolute Gasteiger partial charge is 0.264 e. The molecule has 0 bridgehead atoms. The van der Waals surface area contributed by atoms with Crippen LogP contribution < -0.4 is 9.62 Å². The zero-order valence-electron chi connectivity index (χ0n) is 23.7. The summed E-state index contributed by atoms with van der Waals surface area (Å²) in [7, 11) is -4.19. The first-order valence-corrected chi connectivity index (χ1v) is 16.1. The summed E-state index contributed by atoms with van der Waals surface area (Å²) in [5.41, 5.74) is 1.87. The van der Waals surface area contributed by atoms with E-state index in [0.717, 1.165) is 9.87 Å². The normalized spacial score (nSPS) is 11.9. The molecule has 43 heavy (non-hydrogen) atoms. The van der Waals surface area contributed by atoms with Crippen LogP contribution in [-0.4, -0.2) is 44.3 Å². The molecule has 0 heterocycles. The molecule has 0 unspecified atom stereocenters. The van der Waals surface area contributed by atoms with Gasteiger partial charge in [0.15, 0.2) is 0 Å². The van der Waals surface area contributed by atoms with Crippen molar-refractivity contribution in [2.75, 3.05) is 17.4 Å². The third kappa shape index (κ3) is 8.60. The zero-order chi connectivity index (χ0) is 30.8. The summed E-state index contributed by atoms with van der Waals surface area (Å²) in [5.74, 6) is -0.873. The molecule has 4 aromatic carbocycles. The van der Waals surface area contributed by atoms with E-state index in [2.05, 4.69) is 5.32 Å². The maximum atomic E-state index is 14.3. The molecule has 0 aliphatic heterocycles. The maximum Gasteiger partial charge on any atom is 0.264 e. The molecule has 0 radical (unpaired) electrons. The Morgan fingerprint density at radius 1 is 0.791 bits per heavy atom. The summed E-state index contributed by atoms with van der Waals surface area (Å²) in [6.07, 6.45) is 0.950. The van der Waals surface area contributed by atoms with Gasteiger partial charge in [0.05, 0.1) is 10.6 Å². The molecule has 0 fully saturated rings. The number of benzene rings is 4. The molecule has 0 saturated carbocycles. The van der Waals surface area contributed by atoms with Gasteiger partial charge in [-0.3, -0.25) is 13.9 Å². The fourth-order valence-electron chi connectivity index (χ4n) is 4.61. The Morgan fingerprint density at radius 2 is 1.42 bits per heavy atom. The van der Waals surface area contributed by atoms with E-state index >= 15 is 0 Å². The number of amides is 2.